The van der Waals surface area contributed by atoms with Gasteiger partial charge in [-0.25, -0.2) is 9.78 Å². The van der Waals surface area contributed by atoms with Gasteiger partial charge in [-0.05, 0) is 68.3 Å². The summed E-state index contributed by atoms with van der Waals surface area (Å²) in [5.74, 6) is -0.656. The predicted molar refractivity (Wildman–Crippen MR) is 154 cm³/mol. The fourth-order valence-corrected chi connectivity index (χ4v) is 6.10. The third-order valence-electron chi connectivity index (χ3n) is 8.02. The number of anilines is 3. The molecule has 2 aliphatic heterocycles. The molecule has 0 unspecified atom stereocenters. The van der Waals surface area contributed by atoms with Gasteiger partial charge in [-0.1, -0.05) is 12.1 Å². The fourth-order valence-electron chi connectivity index (χ4n) is 6.10. The molecule has 2 aromatic heterocycles. The summed E-state index contributed by atoms with van der Waals surface area (Å²) in [4.78, 5) is 34.8. The number of aromatic nitrogens is 2. The van der Waals surface area contributed by atoms with Crippen molar-refractivity contribution in [2.75, 3.05) is 28.2 Å². The lowest BCUT2D eigenvalue weighted by molar-refractivity contribution is 0.0698. The Morgan fingerprint density at radius 2 is 1.78 bits per heavy atom. The number of carboxylic acids is 1. The molecule has 2 bridgehead atoms. The minimum Gasteiger partial charge on any atom is -0.478 e. The van der Waals surface area contributed by atoms with Crippen molar-refractivity contribution in [1.29, 1.82) is 10.5 Å². The van der Waals surface area contributed by atoms with Gasteiger partial charge in [0.1, 0.15) is 11.7 Å². The first-order valence-corrected chi connectivity index (χ1v) is 13.4. The van der Waals surface area contributed by atoms with Crippen LogP contribution in [0, 0.1) is 29.6 Å². The summed E-state index contributed by atoms with van der Waals surface area (Å²) < 4.78 is 1.42. The van der Waals surface area contributed by atoms with Gasteiger partial charge in [-0.15, -0.1) is 0 Å². The average molecular weight is 546 g/mol. The number of hydrogen-bond acceptors (Lipinski definition) is 8. The molecule has 2 saturated heterocycles. The second kappa shape index (κ2) is 10.00. The Morgan fingerprint density at radius 1 is 1.07 bits per heavy atom. The van der Waals surface area contributed by atoms with Gasteiger partial charge in [0, 0.05) is 42.3 Å². The lowest BCUT2D eigenvalue weighted by Gasteiger charge is -2.36. The Hall–Kier alpha value is -5.35. The highest BCUT2D eigenvalue weighted by Gasteiger charge is 2.45. The number of rotatable bonds is 6. The molecule has 41 heavy (non-hydrogen) atoms. The number of benzene rings is 2. The second-order valence-electron chi connectivity index (χ2n) is 10.6. The van der Waals surface area contributed by atoms with E-state index in [1.165, 1.54) is 10.5 Å². The first-order chi connectivity index (χ1) is 19.8. The number of para-hydroxylation sites is 1. The van der Waals surface area contributed by atoms with Crippen LogP contribution in [0.2, 0.25) is 0 Å². The Bertz CT molecular complexity index is 1830. The Morgan fingerprint density at radius 3 is 2.44 bits per heavy atom. The number of carboxylic acid groups (broad SMARTS) is 1. The van der Waals surface area contributed by atoms with Gasteiger partial charge < -0.3 is 20.2 Å². The van der Waals surface area contributed by atoms with E-state index in [1.54, 1.807) is 24.4 Å². The number of nitriles is 2. The first kappa shape index (κ1) is 25.9. The van der Waals surface area contributed by atoms with Crippen molar-refractivity contribution in [2.45, 2.75) is 38.4 Å². The largest absolute Gasteiger partial charge is 0.478 e. The second-order valence-corrected chi connectivity index (χ2v) is 10.6. The van der Waals surface area contributed by atoms with Crippen molar-refractivity contribution in [1.82, 2.24) is 9.38 Å². The molecule has 0 spiro atoms. The van der Waals surface area contributed by atoms with Gasteiger partial charge in [0.05, 0.1) is 29.3 Å². The number of aromatic carboxylic acids is 1. The topological polar surface area (TPSA) is 138 Å². The number of pyridine rings is 1. The normalized spacial score (nSPS) is 18.2. The van der Waals surface area contributed by atoms with E-state index in [4.69, 9.17) is 10.2 Å². The van der Waals surface area contributed by atoms with E-state index in [9.17, 15) is 20.0 Å². The quantitative estimate of drug-likeness (QED) is 0.367. The maximum Gasteiger partial charge on any atom is 0.337 e. The molecule has 2 N–H and O–H groups in total. The number of aryl methyl sites for hydroxylation is 1. The average Bonchev–Trinajstić information content (AvgIpc) is 3.59. The van der Waals surface area contributed by atoms with Crippen LogP contribution in [0.5, 0.6) is 0 Å². The molecule has 4 aromatic rings. The molecule has 3 atom stereocenters. The van der Waals surface area contributed by atoms with Crippen molar-refractivity contribution in [2.24, 2.45) is 0 Å². The van der Waals surface area contributed by atoms with Gasteiger partial charge in [-0.2, -0.15) is 10.5 Å². The van der Waals surface area contributed by atoms with Crippen molar-refractivity contribution in [3.8, 4) is 12.1 Å². The fraction of sp³-hybridized carbons (Fsp3) is 0.258. The zero-order valence-corrected chi connectivity index (χ0v) is 22.6. The molecule has 0 saturated carbocycles. The molecule has 0 amide bonds. The van der Waals surface area contributed by atoms with Crippen LogP contribution in [-0.2, 0) is 0 Å². The Kier molecular flexibility index (Phi) is 6.32. The molecular weight excluding hydrogens is 518 g/mol. The lowest BCUT2D eigenvalue weighted by atomic mass is 10.1. The summed E-state index contributed by atoms with van der Waals surface area (Å²) in [5, 5.41) is 32.1. The summed E-state index contributed by atoms with van der Waals surface area (Å²) in [7, 11) is 0. The van der Waals surface area contributed by atoms with Crippen LogP contribution in [0.3, 0.4) is 0 Å². The number of hydrogen-bond donors (Lipinski definition) is 2. The summed E-state index contributed by atoms with van der Waals surface area (Å²) in [6.07, 6.45) is 2.55. The zero-order chi connectivity index (χ0) is 28.8. The van der Waals surface area contributed by atoms with Crippen LogP contribution < -0.4 is 20.7 Å². The van der Waals surface area contributed by atoms with Crippen LogP contribution in [-0.4, -0.2) is 45.6 Å². The van der Waals surface area contributed by atoms with Crippen molar-refractivity contribution >= 4 is 28.8 Å². The van der Waals surface area contributed by atoms with Gasteiger partial charge in [0.15, 0.2) is 11.4 Å². The minimum atomic E-state index is -1.04. The van der Waals surface area contributed by atoms with Gasteiger partial charge >= 0.3 is 5.97 Å². The van der Waals surface area contributed by atoms with E-state index in [-0.39, 0.29) is 29.3 Å². The van der Waals surface area contributed by atoms with Crippen molar-refractivity contribution in [3.63, 3.8) is 0 Å². The molecule has 2 aromatic carbocycles. The molecule has 204 valence electrons. The van der Waals surface area contributed by atoms with Crippen LogP contribution in [0.1, 0.15) is 52.0 Å². The van der Waals surface area contributed by atoms with Gasteiger partial charge in [0.25, 0.3) is 5.56 Å². The third kappa shape index (κ3) is 4.40. The zero-order valence-electron chi connectivity index (χ0n) is 22.6. The summed E-state index contributed by atoms with van der Waals surface area (Å²) in [6, 6.07) is 20.3. The van der Waals surface area contributed by atoms with E-state index in [2.05, 4.69) is 27.3 Å². The molecule has 10 heteroatoms. The summed E-state index contributed by atoms with van der Waals surface area (Å²) >= 11 is 0. The molecule has 2 fully saturated rings. The standard InChI is InChI=1S/C31H27N7O3/c1-18-11-25(19(2)34-27-6-4-3-5-24(27)31(40)41)28-35-29(26(14-33)30(39)38(28)15-18)37-17-22-12-23(37)16-36(22)21-9-7-20(13-32)8-10-21/h3-11,15,19,22-23,34H,12,16-17H2,1-2H3,(H,40,41)/t19-,22-,23-/m1/s1. The predicted octanol–water partition coefficient (Wildman–Crippen LogP) is 4.09. The van der Waals surface area contributed by atoms with E-state index in [1.807, 2.05) is 44.2 Å². The highest BCUT2D eigenvalue weighted by Crippen LogP contribution is 2.38. The molecule has 4 heterocycles. The SMILES string of the molecule is Cc1cc([C@@H](C)Nc2ccccc2C(=O)O)c2nc(N3C[C@H]4C[C@@H]3CN4c3ccc(C#N)cc3)c(C#N)c(=O)n2c1. The lowest BCUT2D eigenvalue weighted by Crippen LogP contribution is -2.47. The van der Waals surface area contributed by atoms with Crippen molar-refractivity contribution in [3.05, 3.63) is 99.0 Å². The molecule has 0 aliphatic carbocycles. The third-order valence-corrected chi connectivity index (χ3v) is 8.02. The van der Waals surface area contributed by atoms with Crippen LogP contribution in [0.15, 0.2) is 65.6 Å². The highest BCUT2D eigenvalue weighted by molar-refractivity contribution is 5.94. The van der Waals surface area contributed by atoms with Gasteiger partial charge in [0.2, 0.25) is 0 Å². The monoisotopic (exact) mass is 545 g/mol. The Labute approximate surface area is 236 Å². The summed E-state index contributed by atoms with van der Waals surface area (Å²) in [5.41, 5.74) is 3.80. The van der Waals surface area contributed by atoms with E-state index < -0.39 is 11.5 Å². The van der Waals surface area contributed by atoms with E-state index in [0.717, 1.165) is 23.2 Å². The Balaban J connectivity index is 1.38. The van der Waals surface area contributed by atoms with Crippen molar-refractivity contribution < 1.29 is 9.90 Å². The maximum atomic E-state index is 13.7. The molecular formula is C31H27N7O3. The number of piperazine rings is 1. The highest BCUT2D eigenvalue weighted by atomic mass is 16.4. The van der Waals surface area contributed by atoms with Crippen LogP contribution in [0.4, 0.5) is 17.2 Å². The molecule has 0 radical (unpaired) electrons. The number of carbonyl (C=O) groups is 1. The number of nitrogens with one attached hydrogen (secondary N) is 1. The smallest absolute Gasteiger partial charge is 0.337 e. The van der Waals surface area contributed by atoms with E-state index in [0.29, 0.717) is 35.8 Å². The molecule has 6 rings (SSSR count). The minimum absolute atomic E-state index is 0.00774. The summed E-state index contributed by atoms with van der Waals surface area (Å²) in [6.45, 7) is 5.09. The molecule has 10 nitrogen and oxygen atoms in total. The number of nitrogens with zero attached hydrogens (tertiary/aromatic N) is 6. The first-order valence-electron chi connectivity index (χ1n) is 13.4. The van der Waals surface area contributed by atoms with Crippen LogP contribution >= 0.6 is 0 Å². The molecule has 2 aliphatic rings. The maximum absolute atomic E-state index is 13.7. The van der Waals surface area contributed by atoms with E-state index >= 15 is 0 Å². The van der Waals surface area contributed by atoms with Gasteiger partial charge in [-0.3, -0.25) is 9.20 Å². The number of fused-ring (bicyclic) bond motifs is 3. The van der Waals surface area contributed by atoms with Crippen LogP contribution in [0.25, 0.3) is 5.65 Å².